The molecule has 1 aromatic rings. The third-order valence-corrected chi connectivity index (χ3v) is 3.84. The van der Waals surface area contributed by atoms with Crippen LogP contribution in [0.3, 0.4) is 0 Å². The molecule has 20 heavy (non-hydrogen) atoms. The van der Waals surface area contributed by atoms with Crippen molar-refractivity contribution in [2.45, 2.75) is 18.2 Å². The van der Waals surface area contributed by atoms with Crippen LogP contribution in [-0.4, -0.2) is 29.1 Å². The van der Waals surface area contributed by atoms with E-state index in [0.29, 0.717) is 5.56 Å². The first-order valence-electron chi connectivity index (χ1n) is 5.60. The first-order valence-corrected chi connectivity index (χ1v) is 8.66. The summed E-state index contributed by atoms with van der Waals surface area (Å²) in [5.41, 5.74) is 0.642. The molecule has 1 rings (SSSR count). The lowest BCUT2D eigenvalue weighted by Crippen LogP contribution is -2.24. The van der Waals surface area contributed by atoms with E-state index in [1.54, 1.807) is 23.9 Å². The molecule has 1 aromatic carbocycles. The number of rotatable bonds is 6. The average Bonchev–Trinajstić information content (AvgIpc) is 2.35. The highest BCUT2D eigenvalue weighted by Crippen LogP contribution is 2.15. The van der Waals surface area contributed by atoms with Gasteiger partial charge in [0.2, 0.25) is 10.9 Å². The van der Waals surface area contributed by atoms with Gasteiger partial charge in [-0.05, 0) is 29.0 Å². The molecule has 9 heteroatoms. The lowest BCUT2D eigenvalue weighted by atomic mass is 10.0. The van der Waals surface area contributed by atoms with Gasteiger partial charge in [0.25, 0.3) is 0 Å². The first kappa shape index (κ1) is 16.6. The minimum absolute atomic E-state index is 0.163. The van der Waals surface area contributed by atoms with Crippen molar-refractivity contribution in [2.75, 3.05) is 6.26 Å². The van der Waals surface area contributed by atoms with Crippen LogP contribution in [0.25, 0.3) is 0 Å². The van der Waals surface area contributed by atoms with Gasteiger partial charge in [-0.1, -0.05) is 19.1 Å². The monoisotopic (exact) mass is 321 g/mol. The number of nitrogens with one attached hydrogen (secondary N) is 1. The Labute approximate surface area is 118 Å². The molecule has 0 saturated heterocycles. The molecular formula is C11H15NO6S2. The van der Waals surface area contributed by atoms with E-state index in [2.05, 4.69) is 4.84 Å². The first-order chi connectivity index (χ1) is 9.20. The van der Waals surface area contributed by atoms with Gasteiger partial charge in [-0.3, -0.25) is 4.79 Å². The summed E-state index contributed by atoms with van der Waals surface area (Å²) < 4.78 is 43.3. The summed E-state index contributed by atoms with van der Waals surface area (Å²) in [5, 5.41) is 0. The van der Waals surface area contributed by atoms with Gasteiger partial charge in [-0.2, -0.15) is 0 Å². The van der Waals surface area contributed by atoms with Gasteiger partial charge in [0.15, 0.2) is 9.84 Å². The highest BCUT2D eigenvalue weighted by Gasteiger charge is 2.17. The predicted molar refractivity (Wildman–Crippen MR) is 72.0 cm³/mol. The van der Waals surface area contributed by atoms with E-state index >= 15 is 0 Å². The van der Waals surface area contributed by atoms with Gasteiger partial charge in [0.05, 0.1) is 10.8 Å². The van der Waals surface area contributed by atoms with Crippen LogP contribution in [0.5, 0.6) is 0 Å². The maximum absolute atomic E-state index is 11.5. The minimum Gasteiger partial charge on any atom is -0.356 e. The molecule has 0 aliphatic rings. The normalized spacial score (nSPS) is 13.2. The fraction of sp³-hybridized carbons (Fsp3) is 0.364. The SMILES string of the molecule is CC(Cc1cccc(S(C)(=O)=O)c1)C(=O)ON[SH](=O)=O. The maximum atomic E-state index is 11.5. The Morgan fingerprint density at radius 2 is 2.05 bits per heavy atom. The van der Waals surface area contributed by atoms with Crippen LogP contribution in [-0.2, 0) is 36.8 Å². The van der Waals surface area contributed by atoms with Gasteiger partial charge in [0.1, 0.15) is 0 Å². The molecule has 0 aliphatic carbocycles. The molecule has 0 aromatic heterocycles. The van der Waals surface area contributed by atoms with Crippen molar-refractivity contribution in [3.8, 4) is 0 Å². The Morgan fingerprint density at radius 3 is 2.60 bits per heavy atom. The maximum Gasteiger partial charge on any atom is 0.329 e. The third-order valence-electron chi connectivity index (χ3n) is 2.49. The minimum atomic E-state index is -3.31. The number of hydrogen-bond donors (Lipinski definition) is 2. The second-order valence-electron chi connectivity index (χ2n) is 4.29. The largest absolute Gasteiger partial charge is 0.356 e. The molecule has 1 unspecified atom stereocenters. The number of hydrogen-bond acceptors (Lipinski definition) is 6. The van der Waals surface area contributed by atoms with E-state index in [1.807, 2.05) is 0 Å². The van der Waals surface area contributed by atoms with Crippen molar-refractivity contribution in [3.05, 3.63) is 29.8 Å². The molecule has 0 aliphatic heterocycles. The lowest BCUT2D eigenvalue weighted by molar-refractivity contribution is -0.151. The standard InChI is InChI=1S/C11H15NO6S2/c1-8(11(13)18-12-19(14)15)6-9-4-3-5-10(7-9)20(2,16)17/h3-5,7-8,19H,6H2,1-2H3,(H,12,14,15). The highest BCUT2D eigenvalue weighted by atomic mass is 32.2. The van der Waals surface area contributed by atoms with Crippen LogP contribution in [0.1, 0.15) is 12.5 Å². The van der Waals surface area contributed by atoms with Crippen molar-refractivity contribution in [2.24, 2.45) is 5.92 Å². The molecule has 1 N–H and O–H groups in total. The van der Waals surface area contributed by atoms with Crippen LogP contribution in [0.4, 0.5) is 0 Å². The predicted octanol–water partition coefficient (Wildman–Crippen LogP) is -0.157. The second-order valence-corrected chi connectivity index (χ2v) is 7.01. The molecule has 112 valence electrons. The van der Waals surface area contributed by atoms with Crippen LogP contribution in [0.15, 0.2) is 29.2 Å². The summed E-state index contributed by atoms with van der Waals surface area (Å²) in [4.78, 5) is 17.5. The lowest BCUT2D eigenvalue weighted by Gasteiger charge is -2.10. The van der Waals surface area contributed by atoms with Gasteiger partial charge < -0.3 is 4.84 Å². The summed E-state index contributed by atoms with van der Waals surface area (Å²) in [6, 6.07) is 6.20. The molecular weight excluding hydrogens is 306 g/mol. The van der Waals surface area contributed by atoms with Crippen molar-refractivity contribution >= 4 is 26.7 Å². The highest BCUT2D eigenvalue weighted by molar-refractivity contribution is 7.90. The zero-order chi connectivity index (χ0) is 15.3. The molecule has 1 atom stereocenters. The van der Waals surface area contributed by atoms with Crippen LogP contribution >= 0.6 is 0 Å². The van der Waals surface area contributed by atoms with E-state index in [1.165, 1.54) is 12.1 Å². The molecule has 0 radical (unpaired) electrons. The van der Waals surface area contributed by atoms with Gasteiger partial charge in [-0.25, -0.2) is 16.8 Å². The summed E-state index contributed by atoms with van der Waals surface area (Å²) in [5.74, 6) is -1.36. The fourth-order valence-corrected chi connectivity index (χ4v) is 2.38. The number of sulfone groups is 1. The zero-order valence-electron chi connectivity index (χ0n) is 10.9. The van der Waals surface area contributed by atoms with Gasteiger partial charge in [0, 0.05) is 6.26 Å². The number of thiol groups is 1. The summed E-state index contributed by atoms with van der Waals surface area (Å²) in [6.07, 6.45) is 1.33. The third kappa shape index (κ3) is 5.27. The molecule has 0 amide bonds. The van der Waals surface area contributed by atoms with Crippen molar-refractivity contribution in [3.63, 3.8) is 0 Å². The Balaban J connectivity index is 2.76. The van der Waals surface area contributed by atoms with Crippen LogP contribution in [0.2, 0.25) is 0 Å². The van der Waals surface area contributed by atoms with Gasteiger partial charge in [-0.15, -0.1) is 0 Å². The van der Waals surface area contributed by atoms with Crippen molar-refractivity contribution in [1.29, 1.82) is 0 Å². The molecule has 0 heterocycles. The van der Waals surface area contributed by atoms with Crippen molar-refractivity contribution in [1.82, 2.24) is 4.89 Å². The van der Waals surface area contributed by atoms with E-state index in [-0.39, 0.29) is 11.3 Å². The number of carbonyl (C=O) groups excluding carboxylic acids is 1. The molecule has 0 saturated carbocycles. The fourth-order valence-electron chi connectivity index (χ4n) is 1.52. The Hall–Kier alpha value is -1.45. The second kappa shape index (κ2) is 6.82. The summed E-state index contributed by atoms with van der Waals surface area (Å²) in [6.45, 7) is 1.55. The molecule has 0 fully saturated rings. The Kier molecular flexibility index (Phi) is 5.66. The summed E-state index contributed by atoms with van der Waals surface area (Å²) in [7, 11) is -6.32. The summed E-state index contributed by atoms with van der Waals surface area (Å²) >= 11 is 0. The van der Waals surface area contributed by atoms with Crippen LogP contribution < -0.4 is 4.89 Å². The van der Waals surface area contributed by atoms with E-state index in [0.717, 1.165) is 6.26 Å². The zero-order valence-corrected chi connectivity index (χ0v) is 12.6. The van der Waals surface area contributed by atoms with Crippen molar-refractivity contribution < 1.29 is 26.5 Å². The van der Waals surface area contributed by atoms with Crippen LogP contribution in [0, 0.1) is 5.92 Å². The quantitative estimate of drug-likeness (QED) is 0.557. The van der Waals surface area contributed by atoms with E-state index in [9.17, 15) is 21.6 Å². The van der Waals surface area contributed by atoms with Gasteiger partial charge >= 0.3 is 5.97 Å². The molecule has 0 spiro atoms. The van der Waals surface area contributed by atoms with E-state index in [4.69, 9.17) is 0 Å². The number of benzene rings is 1. The Morgan fingerprint density at radius 1 is 1.40 bits per heavy atom. The molecule has 0 bridgehead atoms. The Bertz CT molecular complexity index is 657. The molecule has 7 nitrogen and oxygen atoms in total. The average molecular weight is 321 g/mol. The topological polar surface area (TPSA) is 107 Å². The smallest absolute Gasteiger partial charge is 0.329 e. The number of carbonyl (C=O) groups is 1. The van der Waals surface area contributed by atoms with E-state index < -0.39 is 32.6 Å².